The van der Waals surface area contributed by atoms with E-state index in [1.165, 1.54) is 30.7 Å². The first-order valence-electron chi connectivity index (χ1n) is 13.1. The fourth-order valence-corrected chi connectivity index (χ4v) is 3.06. The molecule has 2 aromatic rings. The van der Waals surface area contributed by atoms with Gasteiger partial charge in [-0.15, -0.1) is 6.08 Å². The summed E-state index contributed by atoms with van der Waals surface area (Å²) >= 11 is 0. The molecular weight excluding hydrogens is 559 g/mol. The van der Waals surface area contributed by atoms with Crippen molar-refractivity contribution in [3.63, 3.8) is 0 Å². The summed E-state index contributed by atoms with van der Waals surface area (Å²) in [6.07, 6.45) is 7.11. The van der Waals surface area contributed by atoms with Crippen LogP contribution >= 0.6 is 0 Å². The van der Waals surface area contributed by atoms with Crippen molar-refractivity contribution >= 4 is 5.78 Å². The largest absolute Gasteiger partial charge is 0.569 e. The Bertz CT molecular complexity index is 1020. The first-order chi connectivity index (χ1) is 17.6. The Kier molecular flexibility index (Phi) is 22.0. The topological polar surface area (TPSA) is 100 Å². The van der Waals surface area contributed by atoms with E-state index in [4.69, 9.17) is 9.15 Å². The fourth-order valence-electron chi connectivity index (χ4n) is 3.06. The van der Waals surface area contributed by atoms with Crippen molar-refractivity contribution in [1.29, 1.82) is 0 Å². The molecule has 2 rings (SSSR count). The summed E-state index contributed by atoms with van der Waals surface area (Å²) in [5.74, 6) is 0.161. The number of unbranched alkanes of at least 4 members (excludes halogenated alkanes) is 1. The van der Waals surface area contributed by atoms with Crippen LogP contribution in [0.2, 0.25) is 0 Å². The van der Waals surface area contributed by atoms with Gasteiger partial charge in [0.15, 0.2) is 5.78 Å². The summed E-state index contributed by atoms with van der Waals surface area (Å²) in [6, 6.07) is 7.60. The minimum absolute atomic E-state index is 0. The number of allylic oxidation sites excluding steroid dienone is 1. The second-order valence-electron chi connectivity index (χ2n) is 8.81. The first kappa shape index (κ1) is 38.2. The summed E-state index contributed by atoms with van der Waals surface area (Å²) in [5.41, 5.74) is 5.15. The van der Waals surface area contributed by atoms with E-state index in [0.717, 1.165) is 18.8 Å². The van der Waals surface area contributed by atoms with Gasteiger partial charge >= 0.3 is 5.63 Å². The van der Waals surface area contributed by atoms with Gasteiger partial charge in [-0.1, -0.05) is 54.0 Å². The first-order valence-corrected chi connectivity index (χ1v) is 13.1. The van der Waals surface area contributed by atoms with Crippen LogP contribution in [0, 0.1) is 19.8 Å². The van der Waals surface area contributed by atoms with Crippen LogP contribution in [0.25, 0.3) is 5.48 Å². The molecule has 1 heterocycles. The summed E-state index contributed by atoms with van der Waals surface area (Å²) in [7, 11) is 1.46. The third-order valence-corrected chi connectivity index (χ3v) is 5.49. The summed E-state index contributed by atoms with van der Waals surface area (Å²) in [4.78, 5) is 28.4. The van der Waals surface area contributed by atoms with Crippen molar-refractivity contribution in [2.45, 2.75) is 87.0 Å². The third kappa shape index (κ3) is 14.3. The molecule has 211 valence electrons. The molecule has 1 unspecified atom stereocenters. The number of rotatable bonds is 12. The van der Waals surface area contributed by atoms with Gasteiger partial charge in [0, 0.05) is 57.7 Å². The van der Waals surface area contributed by atoms with Crippen LogP contribution in [0.1, 0.15) is 100 Å². The summed E-state index contributed by atoms with van der Waals surface area (Å²) < 4.78 is 10.8. The van der Waals surface area contributed by atoms with E-state index in [-0.39, 0.29) is 55.9 Å². The van der Waals surface area contributed by atoms with E-state index in [1.54, 1.807) is 20.0 Å². The average Bonchev–Trinajstić information content (AvgIpc) is 2.87. The number of benzene rings is 1. The van der Waals surface area contributed by atoms with Gasteiger partial charge in [-0.25, -0.2) is 4.79 Å². The van der Waals surface area contributed by atoms with E-state index in [0.29, 0.717) is 18.6 Å². The van der Waals surface area contributed by atoms with Crippen LogP contribution < -0.4 is 10.4 Å². The number of carbonyl (C=O) groups is 1. The number of Topliss-reactive ketones (excluding diaryl/α,β-unsaturated/α-hetero) is 1. The van der Waals surface area contributed by atoms with Gasteiger partial charge in [-0.3, -0.25) is 4.79 Å². The SMILES string of the molecule is CC.CCCCOc1ccc(C)c(C)c1.CO[N-]/C=C\CCC(C)c1cc(O)c(C(=O)C(C)C)c(=O)o1.[Y]. The molecule has 1 radical (unpaired) electrons. The molecule has 1 aromatic carbocycles. The number of hydroxylamine groups is 1. The zero-order valence-corrected chi connectivity index (χ0v) is 27.5. The van der Waals surface area contributed by atoms with Gasteiger partial charge in [-0.2, -0.15) is 6.20 Å². The predicted molar refractivity (Wildman–Crippen MR) is 151 cm³/mol. The molecular formula is C30H46NO6Y-. The molecule has 0 aliphatic carbocycles. The Morgan fingerprint density at radius 2 is 1.79 bits per heavy atom. The molecule has 0 saturated heterocycles. The maximum Gasteiger partial charge on any atom is 0.350 e. The van der Waals surface area contributed by atoms with Crippen LogP contribution in [0.5, 0.6) is 11.5 Å². The second kappa shape index (κ2) is 21.9. The Balaban J connectivity index is 0. The third-order valence-electron chi connectivity index (χ3n) is 5.49. The molecule has 8 heteroatoms. The van der Waals surface area contributed by atoms with Gasteiger partial charge in [0.05, 0.1) is 6.61 Å². The Morgan fingerprint density at radius 3 is 2.32 bits per heavy atom. The van der Waals surface area contributed by atoms with E-state index in [2.05, 4.69) is 43.2 Å². The number of nitrogens with zero attached hydrogens (tertiary/aromatic N) is 1. The Morgan fingerprint density at radius 1 is 1.13 bits per heavy atom. The number of carbonyl (C=O) groups excluding carboxylic acids is 1. The minimum Gasteiger partial charge on any atom is -0.569 e. The molecule has 0 spiro atoms. The van der Waals surface area contributed by atoms with Gasteiger partial charge < -0.3 is 24.6 Å². The van der Waals surface area contributed by atoms with E-state index in [9.17, 15) is 14.7 Å². The molecule has 0 amide bonds. The maximum absolute atomic E-state index is 11.9. The zero-order valence-electron chi connectivity index (χ0n) is 24.7. The van der Waals surface area contributed by atoms with Gasteiger partial charge in [0.2, 0.25) is 0 Å². The van der Waals surface area contributed by atoms with Gasteiger partial charge in [0.25, 0.3) is 0 Å². The molecule has 1 aromatic heterocycles. The average molecular weight is 606 g/mol. The van der Waals surface area contributed by atoms with Gasteiger partial charge in [0.1, 0.15) is 22.8 Å². The molecule has 0 saturated carbocycles. The Labute approximate surface area is 254 Å². The molecule has 1 atom stereocenters. The Hall–Kier alpha value is -1.96. The normalized spacial score (nSPS) is 11.0. The number of aromatic hydroxyl groups is 1. The molecule has 7 nitrogen and oxygen atoms in total. The zero-order chi connectivity index (χ0) is 28.4. The summed E-state index contributed by atoms with van der Waals surface area (Å²) in [6.45, 7) is 16.4. The number of hydrogen-bond acceptors (Lipinski definition) is 6. The van der Waals surface area contributed by atoms with Crippen molar-refractivity contribution in [2.75, 3.05) is 13.7 Å². The van der Waals surface area contributed by atoms with Crippen molar-refractivity contribution in [3.05, 3.63) is 74.9 Å². The van der Waals surface area contributed by atoms with Crippen molar-refractivity contribution in [1.82, 2.24) is 0 Å². The van der Waals surface area contributed by atoms with E-state index < -0.39 is 11.4 Å². The number of aryl methyl sites for hydroxylation is 2. The van der Waals surface area contributed by atoms with Crippen LogP contribution in [0.15, 0.2) is 45.8 Å². The minimum atomic E-state index is -0.787. The molecule has 1 N–H and O–H groups in total. The quantitative estimate of drug-likeness (QED) is 0.149. The standard InChI is InChI=1S/C16H22NO5.C12H18O.C2H6.Y/c1-10(2)15(19)14-12(18)9-13(22-16(14)20)11(3)7-5-6-8-17-21-4;1-4-5-8-13-12-7-6-10(2)11(3)9-12;1-2;/h6,8-11H,5,7H2,1-4H3,(H,18,19,20);6-7,9H,4-5,8H2,1-3H3;1-2H3;/q-1;;;/b8-6-;;;. The van der Waals surface area contributed by atoms with Crippen molar-refractivity contribution in [3.8, 4) is 11.5 Å². The fraction of sp³-hybridized carbons (Fsp3) is 0.533. The second-order valence-corrected chi connectivity index (χ2v) is 8.81. The molecule has 0 aliphatic heterocycles. The molecule has 0 fully saturated rings. The van der Waals surface area contributed by atoms with Crippen LogP contribution in [-0.4, -0.2) is 24.6 Å². The van der Waals surface area contributed by atoms with Crippen LogP contribution in [-0.2, 0) is 37.5 Å². The number of hydrogen-bond donors (Lipinski definition) is 1. The molecule has 0 aliphatic rings. The van der Waals surface area contributed by atoms with E-state index in [1.807, 2.05) is 32.9 Å². The van der Waals surface area contributed by atoms with Crippen molar-refractivity contribution < 1.29 is 56.6 Å². The van der Waals surface area contributed by atoms with Crippen LogP contribution in [0.3, 0.4) is 0 Å². The predicted octanol–water partition coefficient (Wildman–Crippen LogP) is 8.02. The van der Waals surface area contributed by atoms with Gasteiger partial charge in [-0.05, 0) is 56.4 Å². The maximum atomic E-state index is 11.9. The van der Waals surface area contributed by atoms with Crippen LogP contribution in [0.4, 0.5) is 0 Å². The number of ether oxygens (including phenoxy) is 1. The smallest absolute Gasteiger partial charge is 0.350 e. The monoisotopic (exact) mass is 605 g/mol. The van der Waals surface area contributed by atoms with E-state index >= 15 is 0 Å². The number of ketones is 1. The molecule has 0 bridgehead atoms. The summed E-state index contributed by atoms with van der Waals surface area (Å²) in [5, 5.41) is 9.96. The molecule has 38 heavy (non-hydrogen) atoms. The van der Waals surface area contributed by atoms with Crippen molar-refractivity contribution in [2.24, 2.45) is 5.92 Å².